The third kappa shape index (κ3) is 2.93. The molecule has 4 nitrogen and oxygen atoms in total. The van der Waals surface area contributed by atoms with Crippen molar-refractivity contribution in [3.8, 4) is 11.5 Å². The SMILES string of the molecule is COc1cccc(C2=NN3[C@H](C2)c2cc(Br)ccc2O[C@@H]3c2cccs2)c1. The highest BCUT2D eigenvalue weighted by atomic mass is 79.9. The van der Waals surface area contributed by atoms with Gasteiger partial charge in [-0.25, -0.2) is 5.01 Å². The van der Waals surface area contributed by atoms with Crippen LogP contribution < -0.4 is 9.47 Å². The van der Waals surface area contributed by atoms with Gasteiger partial charge >= 0.3 is 0 Å². The zero-order valence-electron chi connectivity index (χ0n) is 14.6. The van der Waals surface area contributed by atoms with E-state index in [0.717, 1.165) is 38.5 Å². The number of nitrogens with zero attached hydrogens (tertiary/aromatic N) is 2. The Hall–Kier alpha value is -2.31. The van der Waals surface area contributed by atoms with E-state index in [2.05, 4.69) is 50.6 Å². The Bertz CT molecular complexity index is 1020. The second-order valence-electron chi connectivity index (χ2n) is 6.55. The lowest BCUT2D eigenvalue weighted by Gasteiger charge is -2.37. The monoisotopic (exact) mass is 440 g/mol. The molecule has 3 heterocycles. The van der Waals surface area contributed by atoms with Crippen LogP contribution in [0.2, 0.25) is 0 Å². The van der Waals surface area contributed by atoms with Crippen LogP contribution >= 0.6 is 27.3 Å². The number of thiophene rings is 1. The van der Waals surface area contributed by atoms with Crippen molar-refractivity contribution >= 4 is 33.0 Å². The summed E-state index contributed by atoms with van der Waals surface area (Å²) in [6.45, 7) is 0. The van der Waals surface area contributed by atoms with Gasteiger partial charge in [0.25, 0.3) is 0 Å². The van der Waals surface area contributed by atoms with Gasteiger partial charge in [0.05, 0.1) is 23.7 Å². The lowest BCUT2D eigenvalue weighted by molar-refractivity contribution is -0.0166. The van der Waals surface area contributed by atoms with Crippen LogP contribution in [-0.2, 0) is 0 Å². The van der Waals surface area contributed by atoms with Gasteiger partial charge in [0.2, 0.25) is 6.23 Å². The highest BCUT2D eigenvalue weighted by Gasteiger charge is 2.41. The lowest BCUT2D eigenvalue weighted by Crippen LogP contribution is -2.33. The molecular weight excluding hydrogens is 424 g/mol. The fourth-order valence-corrected chi connectivity index (χ4v) is 4.78. The average molecular weight is 441 g/mol. The molecule has 0 saturated heterocycles. The van der Waals surface area contributed by atoms with Crippen molar-refractivity contribution in [3.63, 3.8) is 0 Å². The number of benzene rings is 2. The van der Waals surface area contributed by atoms with Crippen molar-refractivity contribution in [1.82, 2.24) is 5.01 Å². The van der Waals surface area contributed by atoms with E-state index in [1.807, 2.05) is 30.3 Å². The summed E-state index contributed by atoms with van der Waals surface area (Å²) < 4.78 is 12.8. The molecule has 0 fully saturated rings. The molecule has 5 rings (SSSR count). The molecule has 6 heteroatoms. The molecule has 0 saturated carbocycles. The number of hydrazone groups is 1. The number of hydrogen-bond donors (Lipinski definition) is 0. The highest BCUT2D eigenvalue weighted by molar-refractivity contribution is 9.10. The first-order valence-electron chi connectivity index (χ1n) is 8.72. The summed E-state index contributed by atoms with van der Waals surface area (Å²) in [6.07, 6.45) is 0.633. The van der Waals surface area contributed by atoms with Gasteiger partial charge in [-0.15, -0.1) is 11.3 Å². The number of ether oxygens (including phenoxy) is 2. The van der Waals surface area contributed by atoms with Crippen LogP contribution in [0.15, 0.2) is 69.6 Å². The van der Waals surface area contributed by atoms with Crippen molar-refractivity contribution in [2.45, 2.75) is 18.7 Å². The van der Waals surface area contributed by atoms with Gasteiger partial charge in [-0.1, -0.05) is 34.1 Å². The summed E-state index contributed by atoms with van der Waals surface area (Å²) in [5, 5.41) is 9.17. The van der Waals surface area contributed by atoms with Crippen LogP contribution in [0.5, 0.6) is 11.5 Å². The van der Waals surface area contributed by atoms with Crippen molar-refractivity contribution < 1.29 is 9.47 Å². The fraction of sp³-hybridized carbons (Fsp3) is 0.190. The maximum absolute atomic E-state index is 6.36. The van der Waals surface area contributed by atoms with E-state index in [-0.39, 0.29) is 12.3 Å². The number of hydrogen-bond acceptors (Lipinski definition) is 5. The zero-order chi connectivity index (χ0) is 18.4. The molecule has 2 aromatic carbocycles. The second kappa shape index (κ2) is 6.69. The summed E-state index contributed by atoms with van der Waals surface area (Å²) in [6, 6.07) is 18.6. The van der Waals surface area contributed by atoms with Crippen molar-refractivity contribution in [3.05, 3.63) is 80.5 Å². The van der Waals surface area contributed by atoms with E-state index >= 15 is 0 Å². The predicted octanol–water partition coefficient (Wildman–Crippen LogP) is 5.76. The number of fused-ring (bicyclic) bond motifs is 3. The normalized spacial score (nSPS) is 20.5. The molecule has 0 N–H and O–H groups in total. The molecule has 3 aromatic rings. The number of methoxy groups -OCH3 is 1. The number of halogens is 1. The highest BCUT2D eigenvalue weighted by Crippen LogP contribution is 2.48. The third-order valence-electron chi connectivity index (χ3n) is 4.94. The van der Waals surface area contributed by atoms with E-state index in [0.29, 0.717) is 0 Å². The largest absolute Gasteiger partial charge is 0.497 e. The van der Waals surface area contributed by atoms with Gasteiger partial charge in [-0.3, -0.25) is 0 Å². The fourth-order valence-electron chi connectivity index (χ4n) is 3.65. The summed E-state index contributed by atoms with van der Waals surface area (Å²) in [4.78, 5) is 1.16. The second-order valence-corrected chi connectivity index (χ2v) is 8.44. The van der Waals surface area contributed by atoms with Crippen molar-refractivity contribution in [1.29, 1.82) is 0 Å². The average Bonchev–Trinajstić information content (AvgIpc) is 3.38. The molecule has 0 bridgehead atoms. The molecule has 0 amide bonds. The molecule has 1 aromatic heterocycles. The standard InChI is InChI=1S/C21H17BrN2O2S/c1-25-15-5-2-4-13(10-15)17-12-18-16-11-14(22)7-8-19(16)26-21(24(18)23-17)20-6-3-9-27-20/h2-11,18,21H,12H2,1H3/t18-,21-/m1/s1. The smallest absolute Gasteiger partial charge is 0.222 e. The molecule has 0 aliphatic carbocycles. The minimum atomic E-state index is -0.202. The minimum absolute atomic E-state index is 0.152. The van der Waals surface area contributed by atoms with Crippen molar-refractivity contribution in [2.24, 2.45) is 5.10 Å². The first-order valence-corrected chi connectivity index (χ1v) is 10.4. The first kappa shape index (κ1) is 16.8. The van der Waals surface area contributed by atoms with Crippen LogP contribution in [0.3, 0.4) is 0 Å². The zero-order valence-corrected chi connectivity index (χ0v) is 17.0. The Kier molecular flexibility index (Phi) is 4.17. The molecule has 2 aliphatic rings. The summed E-state index contributed by atoms with van der Waals surface area (Å²) in [5.74, 6) is 1.77. The van der Waals surface area contributed by atoms with Crippen molar-refractivity contribution in [2.75, 3.05) is 7.11 Å². The maximum Gasteiger partial charge on any atom is 0.222 e. The van der Waals surface area contributed by atoms with E-state index in [1.165, 1.54) is 5.56 Å². The Labute approximate surface area is 170 Å². The topological polar surface area (TPSA) is 34.1 Å². The quantitative estimate of drug-likeness (QED) is 0.518. The van der Waals surface area contributed by atoms with E-state index in [9.17, 15) is 0 Å². The van der Waals surface area contributed by atoms with E-state index < -0.39 is 0 Å². The van der Waals surface area contributed by atoms with Crippen LogP contribution in [0.1, 0.15) is 34.7 Å². The van der Waals surface area contributed by atoms with Gasteiger partial charge in [-0.05, 0) is 41.8 Å². The maximum atomic E-state index is 6.36. The molecule has 2 aliphatic heterocycles. The van der Waals surface area contributed by atoms with Gasteiger partial charge in [0.1, 0.15) is 11.5 Å². The van der Waals surface area contributed by atoms with Crippen LogP contribution in [0, 0.1) is 0 Å². The molecule has 0 spiro atoms. The van der Waals surface area contributed by atoms with E-state index in [4.69, 9.17) is 14.6 Å². The van der Waals surface area contributed by atoms with E-state index in [1.54, 1.807) is 18.4 Å². The molecule has 27 heavy (non-hydrogen) atoms. The third-order valence-corrected chi connectivity index (χ3v) is 6.34. The summed E-state index contributed by atoms with van der Waals surface area (Å²) >= 11 is 5.29. The summed E-state index contributed by atoms with van der Waals surface area (Å²) in [7, 11) is 1.69. The minimum Gasteiger partial charge on any atom is -0.497 e. The van der Waals surface area contributed by atoms with Crippen LogP contribution in [0.25, 0.3) is 0 Å². The molecule has 136 valence electrons. The molecule has 2 atom stereocenters. The van der Waals surface area contributed by atoms with Gasteiger partial charge in [0, 0.05) is 22.0 Å². The Morgan fingerprint density at radius 1 is 1.19 bits per heavy atom. The molecular formula is C21H17BrN2O2S. The Morgan fingerprint density at radius 2 is 2.11 bits per heavy atom. The van der Waals surface area contributed by atoms with Crippen LogP contribution in [0.4, 0.5) is 0 Å². The Balaban J connectivity index is 1.59. The Morgan fingerprint density at radius 3 is 2.93 bits per heavy atom. The number of rotatable bonds is 3. The van der Waals surface area contributed by atoms with Gasteiger partial charge < -0.3 is 9.47 Å². The van der Waals surface area contributed by atoms with Gasteiger partial charge in [-0.2, -0.15) is 5.10 Å². The summed E-state index contributed by atoms with van der Waals surface area (Å²) in [5.41, 5.74) is 3.31. The first-order chi connectivity index (χ1) is 13.2. The predicted molar refractivity (Wildman–Crippen MR) is 111 cm³/mol. The van der Waals surface area contributed by atoms with Crippen LogP contribution in [-0.4, -0.2) is 17.8 Å². The lowest BCUT2D eigenvalue weighted by atomic mass is 9.96. The molecule has 0 radical (unpaired) electrons. The van der Waals surface area contributed by atoms with Gasteiger partial charge in [0.15, 0.2) is 0 Å². The molecule has 0 unspecified atom stereocenters.